The second-order valence-corrected chi connectivity index (χ2v) is 4.33. The first-order valence-corrected chi connectivity index (χ1v) is 5.39. The Kier molecular flexibility index (Phi) is 3.03. The minimum Gasteiger partial charge on any atom is -0.334 e. The molecule has 2 nitrogen and oxygen atoms in total. The summed E-state index contributed by atoms with van der Waals surface area (Å²) in [6.07, 6.45) is -5.23. The van der Waals surface area contributed by atoms with Gasteiger partial charge in [-0.05, 0) is 23.8 Å². The van der Waals surface area contributed by atoms with E-state index in [9.17, 15) is 18.0 Å². The van der Waals surface area contributed by atoms with Gasteiger partial charge in [0, 0.05) is 23.7 Å². The molecule has 0 saturated heterocycles. The van der Waals surface area contributed by atoms with Crippen molar-refractivity contribution in [2.45, 2.75) is 19.1 Å². The van der Waals surface area contributed by atoms with Crippen molar-refractivity contribution in [3.8, 4) is 0 Å². The molecule has 0 bridgehead atoms. The highest BCUT2D eigenvalue weighted by Gasteiger charge is 2.32. The molecule has 0 atom stereocenters. The predicted molar refractivity (Wildman–Crippen MR) is 56.9 cm³/mol. The molecule has 6 heteroatoms. The molecule has 17 heavy (non-hydrogen) atoms. The molecule has 0 radical (unpaired) electrons. The van der Waals surface area contributed by atoms with E-state index >= 15 is 0 Å². The number of nitrogens with zero attached hydrogens (tertiary/aromatic N) is 1. The molecule has 1 aromatic rings. The van der Waals surface area contributed by atoms with Crippen LogP contribution in [0.25, 0.3) is 0 Å². The third kappa shape index (κ3) is 2.72. The van der Waals surface area contributed by atoms with Gasteiger partial charge in [0.15, 0.2) is 0 Å². The number of alkyl halides is 3. The monoisotopic (exact) mass is 263 g/mol. The van der Waals surface area contributed by atoms with E-state index in [0.717, 1.165) is 0 Å². The normalized spacial score (nSPS) is 15.3. The Hall–Kier alpha value is -1.23. The van der Waals surface area contributed by atoms with Crippen molar-refractivity contribution in [1.82, 2.24) is 4.90 Å². The van der Waals surface area contributed by atoms with Crippen LogP contribution in [-0.4, -0.2) is 23.5 Å². The van der Waals surface area contributed by atoms with Crippen molar-refractivity contribution in [3.63, 3.8) is 0 Å². The highest BCUT2D eigenvalue weighted by atomic mass is 35.5. The van der Waals surface area contributed by atoms with Crippen LogP contribution >= 0.6 is 11.6 Å². The van der Waals surface area contributed by atoms with Gasteiger partial charge < -0.3 is 4.90 Å². The van der Waals surface area contributed by atoms with Crippen LogP contribution in [0.3, 0.4) is 0 Å². The zero-order chi connectivity index (χ0) is 12.6. The van der Waals surface area contributed by atoms with Crippen LogP contribution in [0.4, 0.5) is 13.2 Å². The zero-order valence-corrected chi connectivity index (χ0v) is 9.48. The smallest absolute Gasteiger partial charge is 0.334 e. The number of benzene rings is 1. The van der Waals surface area contributed by atoms with Crippen molar-refractivity contribution in [2.75, 3.05) is 6.54 Å². The first-order chi connectivity index (χ1) is 7.87. The van der Waals surface area contributed by atoms with Crippen LogP contribution in [0.1, 0.15) is 22.3 Å². The Morgan fingerprint density at radius 3 is 2.71 bits per heavy atom. The molecule has 92 valence electrons. The summed E-state index contributed by atoms with van der Waals surface area (Å²) >= 11 is 5.76. The standard InChI is InChI=1S/C11H9ClF3NO/c12-8-1-2-9-7(5-8)6-16(10(9)17)4-3-11(13,14)15/h1-2,5H,3-4,6H2. The van der Waals surface area contributed by atoms with E-state index in [4.69, 9.17) is 11.6 Å². The highest BCUT2D eigenvalue weighted by Crippen LogP contribution is 2.27. The Morgan fingerprint density at radius 2 is 2.06 bits per heavy atom. The Bertz CT molecular complexity index is 459. The lowest BCUT2D eigenvalue weighted by molar-refractivity contribution is -0.136. The molecular weight excluding hydrogens is 255 g/mol. The fourth-order valence-electron chi connectivity index (χ4n) is 1.79. The van der Waals surface area contributed by atoms with Gasteiger partial charge in [0.2, 0.25) is 0 Å². The number of carbonyl (C=O) groups is 1. The number of hydrogen-bond donors (Lipinski definition) is 0. The first-order valence-electron chi connectivity index (χ1n) is 5.01. The van der Waals surface area contributed by atoms with E-state index in [1.165, 1.54) is 4.90 Å². The SMILES string of the molecule is O=C1c2ccc(Cl)cc2CN1CCC(F)(F)F. The van der Waals surface area contributed by atoms with Gasteiger partial charge in [-0.3, -0.25) is 4.79 Å². The molecule has 0 aliphatic carbocycles. The molecule has 1 aliphatic rings. The molecular formula is C11H9ClF3NO. The Labute approximate surface area is 101 Å². The topological polar surface area (TPSA) is 20.3 Å². The predicted octanol–water partition coefficient (Wildman–Crippen LogP) is 3.25. The van der Waals surface area contributed by atoms with Gasteiger partial charge in [0.05, 0.1) is 6.42 Å². The van der Waals surface area contributed by atoms with E-state index < -0.39 is 12.6 Å². The Morgan fingerprint density at radius 1 is 1.35 bits per heavy atom. The molecule has 0 unspecified atom stereocenters. The van der Waals surface area contributed by atoms with Crippen LogP contribution in [0, 0.1) is 0 Å². The summed E-state index contributed by atoms with van der Waals surface area (Å²) in [6, 6.07) is 4.72. The highest BCUT2D eigenvalue weighted by molar-refractivity contribution is 6.30. The van der Waals surface area contributed by atoms with Gasteiger partial charge in [-0.25, -0.2) is 0 Å². The molecule has 0 saturated carbocycles. The lowest BCUT2D eigenvalue weighted by atomic mass is 10.1. The summed E-state index contributed by atoms with van der Waals surface area (Å²) < 4.78 is 36.2. The maximum atomic E-state index is 12.1. The first kappa shape index (κ1) is 12.2. The van der Waals surface area contributed by atoms with Crippen LogP contribution in [-0.2, 0) is 6.54 Å². The molecule has 2 rings (SSSR count). The van der Waals surface area contributed by atoms with E-state index in [1.807, 2.05) is 0 Å². The van der Waals surface area contributed by atoms with E-state index in [-0.39, 0.29) is 19.0 Å². The van der Waals surface area contributed by atoms with Crippen LogP contribution < -0.4 is 0 Å². The molecule has 0 spiro atoms. The summed E-state index contributed by atoms with van der Waals surface area (Å²) in [5, 5.41) is 0.481. The maximum Gasteiger partial charge on any atom is 0.390 e. The van der Waals surface area contributed by atoms with Crippen molar-refractivity contribution in [1.29, 1.82) is 0 Å². The lowest BCUT2D eigenvalue weighted by Crippen LogP contribution is -2.28. The minimum absolute atomic E-state index is 0.199. The van der Waals surface area contributed by atoms with Gasteiger partial charge in [0.25, 0.3) is 5.91 Å². The molecule has 0 N–H and O–H groups in total. The van der Waals surface area contributed by atoms with Gasteiger partial charge in [-0.15, -0.1) is 0 Å². The third-order valence-corrected chi connectivity index (χ3v) is 2.85. The fourth-order valence-corrected chi connectivity index (χ4v) is 1.99. The molecule has 1 heterocycles. The molecule has 1 aromatic carbocycles. The number of carbonyl (C=O) groups excluding carboxylic acids is 1. The Balaban J connectivity index is 2.09. The molecule has 0 aromatic heterocycles. The third-order valence-electron chi connectivity index (χ3n) is 2.61. The fraction of sp³-hybridized carbons (Fsp3) is 0.364. The quantitative estimate of drug-likeness (QED) is 0.802. The molecule has 0 fully saturated rings. The average molecular weight is 264 g/mol. The average Bonchev–Trinajstić information content (AvgIpc) is 2.51. The van der Waals surface area contributed by atoms with Crippen LogP contribution in [0.5, 0.6) is 0 Å². The number of amides is 1. The summed E-state index contributed by atoms with van der Waals surface area (Å²) in [5.41, 5.74) is 1.13. The number of halogens is 4. The van der Waals surface area contributed by atoms with Crippen molar-refractivity contribution < 1.29 is 18.0 Å². The summed E-state index contributed by atoms with van der Waals surface area (Å²) in [6.45, 7) is -0.112. The van der Waals surface area contributed by atoms with Gasteiger partial charge >= 0.3 is 6.18 Å². The van der Waals surface area contributed by atoms with Crippen molar-refractivity contribution in [3.05, 3.63) is 34.3 Å². The van der Waals surface area contributed by atoms with Gasteiger partial charge in [0.1, 0.15) is 0 Å². The second-order valence-electron chi connectivity index (χ2n) is 3.89. The van der Waals surface area contributed by atoms with Crippen molar-refractivity contribution in [2.24, 2.45) is 0 Å². The lowest BCUT2D eigenvalue weighted by Gasteiger charge is -2.16. The van der Waals surface area contributed by atoms with E-state index in [1.54, 1.807) is 18.2 Å². The number of fused-ring (bicyclic) bond motifs is 1. The summed E-state index contributed by atoms with van der Waals surface area (Å²) in [4.78, 5) is 12.9. The number of hydrogen-bond acceptors (Lipinski definition) is 1. The second kappa shape index (κ2) is 4.22. The maximum absolute atomic E-state index is 12.1. The summed E-state index contributed by atoms with van der Waals surface area (Å²) in [7, 11) is 0. The largest absolute Gasteiger partial charge is 0.390 e. The minimum atomic E-state index is -4.24. The number of rotatable bonds is 2. The zero-order valence-electron chi connectivity index (χ0n) is 8.72. The van der Waals surface area contributed by atoms with Crippen LogP contribution in [0.2, 0.25) is 5.02 Å². The van der Waals surface area contributed by atoms with Crippen LogP contribution in [0.15, 0.2) is 18.2 Å². The molecule has 1 aliphatic heterocycles. The van der Waals surface area contributed by atoms with E-state index in [0.29, 0.717) is 16.1 Å². The van der Waals surface area contributed by atoms with Gasteiger partial charge in [-0.1, -0.05) is 11.6 Å². The summed E-state index contributed by atoms with van der Waals surface area (Å²) in [5.74, 6) is -0.360. The van der Waals surface area contributed by atoms with E-state index in [2.05, 4.69) is 0 Å². The molecule has 1 amide bonds. The van der Waals surface area contributed by atoms with Crippen molar-refractivity contribution >= 4 is 17.5 Å². The van der Waals surface area contributed by atoms with Gasteiger partial charge in [-0.2, -0.15) is 13.2 Å².